The van der Waals surface area contributed by atoms with Gasteiger partial charge in [-0.05, 0) is 28.8 Å². The Bertz CT molecular complexity index is 651. The van der Waals surface area contributed by atoms with Crippen LogP contribution in [0, 0.1) is 0 Å². The normalized spacial score (nSPS) is 11.1. The first-order valence-corrected chi connectivity index (χ1v) is 6.53. The summed E-state index contributed by atoms with van der Waals surface area (Å²) in [6, 6.07) is 12.8. The lowest BCUT2D eigenvalue weighted by Crippen LogP contribution is -2.19. The van der Waals surface area contributed by atoms with Crippen LogP contribution in [-0.4, -0.2) is 19.3 Å². The smallest absolute Gasteiger partial charge is 0.406 e. The van der Waals surface area contributed by atoms with E-state index in [2.05, 4.69) is 10.1 Å². The van der Waals surface area contributed by atoms with Crippen LogP contribution in [0.15, 0.2) is 48.5 Å². The first-order valence-electron chi connectivity index (χ1n) is 6.53. The quantitative estimate of drug-likeness (QED) is 0.938. The summed E-state index contributed by atoms with van der Waals surface area (Å²) in [5, 5.41) is 2.53. The molecule has 0 aliphatic heterocycles. The Kier molecular flexibility index (Phi) is 4.70. The maximum Gasteiger partial charge on any atom is 0.573 e. The fourth-order valence-corrected chi connectivity index (χ4v) is 1.96. The van der Waals surface area contributed by atoms with E-state index >= 15 is 0 Å². The molecule has 0 saturated carbocycles. The molecule has 22 heavy (non-hydrogen) atoms. The van der Waals surface area contributed by atoms with Crippen molar-refractivity contribution in [1.29, 1.82) is 0 Å². The van der Waals surface area contributed by atoms with Gasteiger partial charge in [0.15, 0.2) is 0 Å². The number of halogens is 3. The third-order valence-corrected chi connectivity index (χ3v) is 3.00. The molecule has 6 heteroatoms. The first-order chi connectivity index (χ1) is 10.4. The standard InChI is InChI=1S/C16H14F3NO2/c1-20-15(21)9-11-5-7-12(8-6-11)13-3-2-4-14(10-13)22-16(17,18)19/h2-8,10H,9H2,1H3,(H,20,21). The maximum absolute atomic E-state index is 12.2. The molecule has 0 aliphatic carbocycles. The highest BCUT2D eigenvalue weighted by Crippen LogP contribution is 2.28. The zero-order valence-electron chi connectivity index (χ0n) is 11.8. The Hall–Kier alpha value is -2.50. The summed E-state index contributed by atoms with van der Waals surface area (Å²) in [6.45, 7) is 0. The number of hydrogen-bond donors (Lipinski definition) is 1. The number of carbonyl (C=O) groups excluding carboxylic acids is 1. The molecule has 0 spiro atoms. The van der Waals surface area contributed by atoms with Crippen molar-refractivity contribution in [1.82, 2.24) is 5.32 Å². The average Bonchev–Trinajstić information content (AvgIpc) is 2.46. The predicted octanol–water partition coefficient (Wildman–Crippen LogP) is 3.54. The Morgan fingerprint density at radius 1 is 1.09 bits per heavy atom. The summed E-state index contributed by atoms with van der Waals surface area (Å²) in [5.74, 6) is -0.368. The highest BCUT2D eigenvalue weighted by atomic mass is 19.4. The molecule has 0 radical (unpaired) electrons. The molecule has 1 amide bonds. The number of amides is 1. The molecule has 1 N–H and O–H groups in total. The van der Waals surface area contributed by atoms with E-state index in [-0.39, 0.29) is 18.1 Å². The molecule has 2 aromatic rings. The second kappa shape index (κ2) is 6.51. The van der Waals surface area contributed by atoms with Crippen LogP contribution >= 0.6 is 0 Å². The van der Waals surface area contributed by atoms with Crippen molar-refractivity contribution in [3.8, 4) is 16.9 Å². The zero-order chi connectivity index (χ0) is 16.2. The van der Waals surface area contributed by atoms with Gasteiger partial charge in [-0.25, -0.2) is 0 Å². The molecule has 0 atom stereocenters. The second-order valence-electron chi connectivity index (χ2n) is 4.62. The maximum atomic E-state index is 12.2. The van der Waals surface area contributed by atoms with Gasteiger partial charge in [0.1, 0.15) is 5.75 Å². The fourth-order valence-electron chi connectivity index (χ4n) is 1.96. The molecule has 0 saturated heterocycles. The largest absolute Gasteiger partial charge is 0.573 e. The van der Waals surface area contributed by atoms with Crippen LogP contribution in [-0.2, 0) is 11.2 Å². The molecule has 116 valence electrons. The Morgan fingerprint density at radius 3 is 2.36 bits per heavy atom. The molecule has 0 aromatic heterocycles. The number of likely N-dealkylation sites (N-methyl/N-ethyl adjacent to an activating group) is 1. The van der Waals surface area contributed by atoms with Gasteiger partial charge in [-0.2, -0.15) is 0 Å². The van der Waals surface area contributed by atoms with Gasteiger partial charge in [-0.1, -0.05) is 36.4 Å². The number of hydrogen-bond acceptors (Lipinski definition) is 2. The van der Waals surface area contributed by atoms with E-state index in [9.17, 15) is 18.0 Å². The van der Waals surface area contributed by atoms with Crippen molar-refractivity contribution in [3.05, 3.63) is 54.1 Å². The predicted molar refractivity (Wildman–Crippen MR) is 76.3 cm³/mol. The van der Waals surface area contributed by atoms with Crippen LogP contribution in [0.2, 0.25) is 0 Å². The summed E-state index contributed by atoms with van der Waals surface area (Å²) in [4.78, 5) is 11.3. The van der Waals surface area contributed by atoms with Crippen LogP contribution in [0.4, 0.5) is 13.2 Å². The van der Waals surface area contributed by atoms with E-state index < -0.39 is 6.36 Å². The van der Waals surface area contributed by atoms with E-state index in [1.807, 2.05) is 0 Å². The van der Waals surface area contributed by atoms with E-state index in [0.717, 1.165) is 11.1 Å². The summed E-state index contributed by atoms with van der Waals surface area (Å²) in [7, 11) is 1.56. The number of alkyl halides is 3. The molecule has 2 rings (SSSR count). The zero-order valence-corrected chi connectivity index (χ0v) is 11.8. The Labute approximate surface area is 125 Å². The molecule has 2 aromatic carbocycles. The highest BCUT2D eigenvalue weighted by molar-refractivity contribution is 5.78. The molecular formula is C16H14F3NO2. The van der Waals surface area contributed by atoms with Crippen molar-refractivity contribution in [2.45, 2.75) is 12.8 Å². The molecule has 0 bridgehead atoms. The third kappa shape index (κ3) is 4.51. The number of ether oxygens (including phenoxy) is 1. The van der Waals surface area contributed by atoms with Gasteiger partial charge in [0, 0.05) is 7.05 Å². The van der Waals surface area contributed by atoms with Gasteiger partial charge >= 0.3 is 6.36 Å². The summed E-state index contributed by atoms with van der Waals surface area (Å²) in [5.41, 5.74) is 2.17. The molecular weight excluding hydrogens is 295 g/mol. The van der Waals surface area contributed by atoms with Gasteiger partial charge in [0.05, 0.1) is 6.42 Å². The third-order valence-electron chi connectivity index (χ3n) is 3.00. The Balaban J connectivity index is 2.18. The van der Waals surface area contributed by atoms with Crippen molar-refractivity contribution < 1.29 is 22.7 Å². The minimum atomic E-state index is -4.71. The number of benzene rings is 2. The molecule has 0 heterocycles. The summed E-state index contributed by atoms with van der Waals surface area (Å²) in [6.07, 6.45) is -4.45. The topological polar surface area (TPSA) is 38.3 Å². The molecule has 0 aliphatic rings. The van der Waals surface area contributed by atoms with Gasteiger partial charge in [-0.15, -0.1) is 13.2 Å². The highest BCUT2D eigenvalue weighted by Gasteiger charge is 2.31. The molecule has 0 fully saturated rings. The van der Waals surface area contributed by atoms with Crippen LogP contribution < -0.4 is 10.1 Å². The number of nitrogens with one attached hydrogen (secondary N) is 1. The fraction of sp³-hybridized carbons (Fsp3) is 0.188. The second-order valence-corrected chi connectivity index (χ2v) is 4.62. The SMILES string of the molecule is CNC(=O)Cc1ccc(-c2cccc(OC(F)(F)F)c2)cc1. The summed E-state index contributed by atoms with van der Waals surface area (Å²) < 4.78 is 40.6. The monoisotopic (exact) mass is 309 g/mol. The van der Waals surface area contributed by atoms with E-state index in [0.29, 0.717) is 5.56 Å². The van der Waals surface area contributed by atoms with Crippen LogP contribution in [0.5, 0.6) is 5.75 Å². The minimum absolute atomic E-state index is 0.103. The van der Waals surface area contributed by atoms with E-state index in [4.69, 9.17) is 0 Å². The van der Waals surface area contributed by atoms with E-state index in [1.54, 1.807) is 37.4 Å². The Morgan fingerprint density at radius 2 is 1.77 bits per heavy atom. The van der Waals surface area contributed by atoms with Crippen LogP contribution in [0.25, 0.3) is 11.1 Å². The minimum Gasteiger partial charge on any atom is -0.406 e. The van der Waals surface area contributed by atoms with Crippen molar-refractivity contribution in [2.75, 3.05) is 7.05 Å². The van der Waals surface area contributed by atoms with Crippen LogP contribution in [0.1, 0.15) is 5.56 Å². The molecule has 3 nitrogen and oxygen atoms in total. The average molecular weight is 309 g/mol. The number of carbonyl (C=O) groups is 1. The number of rotatable bonds is 4. The van der Waals surface area contributed by atoms with E-state index in [1.165, 1.54) is 18.2 Å². The lowest BCUT2D eigenvalue weighted by molar-refractivity contribution is -0.274. The van der Waals surface area contributed by atoms with Gasteiger partial charge in [-0.3, -0.25) is 4.79 Å². The van der Waals surface area contributed by atoms with Gasteiger partial charge < -0.3 is 10.1 Å². The lowest BCUT2D eigenvalue weighted by atomic mass is 10.0. The van der Waals surface area contributed by atoms with Gasteiger partial charge in [0.25, 0.3) is 0 Å². The van der Waals surface area contributed by atoms with Crippen molar-refractivity contribution >= 4 is 5.91 Å². The van der Waals surface area contributed by atoms with Crippen molar-refractivity contribution in [2.24, 2.45) is 0 Å². The summed E-state index contributed by atoms with van der Waals surface area (Å²) >= 11 is 0. The van der Waals surface area contributed by atoms with Gasteiger partial charge in [0.2, 0.25) is 5.91 Å². The van der Waals surface area contributed by atoms with Crippen LogP contribution in [0.3, 0.4) is 0 Å². The van der Waals surface area contributed by atoms with Crippen molar-refractivity contribution in [3.63, 3.8) is 0 Å². The molecule has 0 unspecified atom stereocenters. The lowest BCUT2D eigenvalue weighted by Gasteiger charge is -2.10. The first kappa shape index (κ1) is 15.9.